The molecular formula is C35H50N2O7. The van der Waals surface area contributed by atoms with Crippen LogP contribution in [0, 0.1) is 11.8 Å². The van der Waals surface area contributed by atoms with Gasteiger partial charge in [0.1, 0.15) is 12.4 Å². The molecule has 2 aliphatic carbocycles. The van der Waals surface area contributed by atoms with Gasteiger partial charge in [0.25, 0.3) is 0 Å². The van der Waals surface area contributed by atoms with Crippen molar-refractivity contribution in [2.24, 2.45) is 11.8 Å². The number of benzene rings is 2. The second-order valence-electron chi connectivity index (χ2n) is 12.4. The van der Waals surface area contributed by atoms with E-state index in [0.29, 0.717) is 77.8 Å². The van der Waals surface area contributed by atoms with Crippen molar-refractivity contribution in [1.29, 1.82) is 0 Å². The average Bonchev–Trinajstić information content (AvgIpc) is 3.85. The van der Waals surface area contributed by atoms with Gasteiger partial charge in [0.05, 0.1) is 65.5 Å². The van der Waals surface area contributed by atoms with E-state index in [1.165, 1.54) is 18.4 Å². The van der Waals surface area contributed by atoms with Gasteiger partial charge in [-0.1, -0.05) is 19.9 Å². The van der Waals surface area contributed by atoms with Gasteiger partial charge in [-0.3, -0.25) is 9.69 Å². The minimum absolute atomic E-state index is 0.00505. The van der Waals surface area contributed by atoms with E-state index in [0.717, 1.165) is 48.1 Å². The summed E-state index contributed by atoms with van der Waals surface area (Å²) in [5.41, 5.74) is 4.02. The molecular weight excluding hydrogens is 560 g/mol. The van der Waals surface area contributed by atoms with Crippen LogP contribution in [-0.2, 0) is 29.1 Å². The molecule has 1 N–H and O–H groups in total. The van der Waals surface area contributed by atoms with Crippen molar-refractivity contribution in [3.8, 4) is 5.75 Å². The Hall–Kier alpha value is -2.53. The molecule has 5 rings (SSSR count). The molecule has 1 heterocycles. The SMILES string of the molecule is COCCOCCOCCOCCOCCOc1cccc(Nc2ccc3c(c2)[C@]2(C)CCN(CC4CC4)[C@H](C3=O)[C@@H]2C)c1. The Morgan fingerprint density at radius 3 is 2.14 bits per heavy atom. The number of hydrogen-bond donors (Lipinski definition) is 1. The molecule has 1 saturated heterocycles. The lowest BCUT2D eigenvalue weighted by Gasteiger charge is -2.53. The summed E-state index contributed by atoms with van der Waals surface area (Å²) in [6.45, 7) is 12.0. The number of piperidine rings is 1. The van der Waals surface area contributed by atoms with Crippen molar-refractivity contribution >= 4 is 17.2 Å². The highest BCUT2D eigenvalue weighted by Crippen LogP contribution is 2.50. The zero-order valence-corrected chi connectivity index (χ0v) is 26.7. The van der Waals surface area contributed by atoms with E-state index in [4.69, 9.17) is 28.4 Å². The van der Waals surface area contributed by atoms with Gasteiger partial charge >= 0.3 is 0 Å². The molecule has 3 atom stereocenters. The topological polar surface area (TPSA) is 87.7 Å². The smallest absolute Gasteiger partial charge is 0.180 e. The first-order chi connectivity index (χ1) is 21.5. The number of hydrogen-bond acceptors (Lipinski definition) is 9. The summed E-state index contributed by atoms with van der Waals surface area (Å²) in [5.74, 6) is 2.16. The van der Waals surface area contributed by atoms with Gasteiger partial charge in [-0.15, -0.1) is 0 Å². The number of fused-ring (bicyclic) bond motifs is 4. The van der Waals surface area contributed by atoms with Crippen LogP contribution >= 0.6 is 0 Å². The number of anilines is 2. The summed E-state index contributed by atoms with van der Waals surface area (Å²) in [5, 5.41) is 3.54. The van der Waals surface area contributed by atoms with E-state index < -0.39 is 0 Å². The first-order valence-corrected chi connectivity index (χ1v) is 16.2. The van der Waals surface area contributed by atoms with Gasteiger partial charge in [0, 0.05) is 36.7 Å². The number of nitrogens with one attached hydrogen (secondary N) is 1. The number of carbonyl (C=O) groups excluding carboxylic acids is 1. The number of likely N-dealkylation sites (tertiary alicyclic amines) is 1. The summed E-state index contributed by atoms with van der Waals surface area (Å²) in [6, 6.07) is 14.2. The third kappa shape index (κ3) is 8.59. The van der Waals surface area contributed by atoms with Crippen LogP contribution in [0.15, 0.2) is 42.5 Å². The lowest BCUT2D eigenvalue weighted by Crippen LogP contribution is -2.61. The monoisotopic (exact) mass is 610 g/mol. The molecule has 0 amide bonds. The molecule has 0 unspecified atom stereocenters. The van der Waals surface area contributed by atoms with Gasteiger partial charge in [0.2, 0.25) is 0 Å². The zero-order chi connectivity index (χ0) is 30.8. The second kappa shape index (κ2) is 16.2. The average molecular weight is 611 g/mol. The van der Waals surface area contributed by atoms with Crippen LogP contribution in [0.4, 0.5) is 11.4 Å². The molecule has 1 aliphatic heterocycles. The highest BCUT2D eigenvalue weighted by molar-refractivity contribution is 6.04. The van der Waals surface area contributed by atoms with Gasteiger partial charge in [-0.25, -0.2) is 0 Å². The third-order valence-corrected chi connectivity index (χ3v) is 9.32. The highest BCUT2D eigenvalue weighted by atomic mass is 16.6. The van der Waals surface area contributed by atoms with E-state index in [-0.39, 0.29) is 11.5 Å². The zero-order valence-electron chi connectivity index (χ0n) is 26.7. The third-order valence-electron chi connectivity index (χ3n) is 9.32. The minimum Gasteiger partial charge on any atom is -0.491 e. The second-order valence-corrected chi connectivity index (χ2v) is 12.4. The first kappa shape index (κ1) is 32.9. The Bertz CT molecular complexity index is 1210. The molecule has 242 valence electrons. The fourth-order valence-electron chi connectivity index (χ4n) is 6.44. The highest BCUT2D eigenvalue weighted by Gasteiger charge is 2.52. The summed E-state index contributed by atoms with van der Waals surface area (Å²) < 4.78 is 32.8. The fourth-order valence-corrected chi connectivity index (χ4v) is 6.44. The van der Waals surface area contributed by atoms with E-state index in [1.54, 1.807) is 7.11 Å². The molecule has 9 heteroatoms. The largest absolute Gasteiger partial charge is 0.491 e. The molecule has 0 radical (unpaired) electrons. The first-order valence-electron chi connectivity index (χ1n) is 16.2. The number of carbonyl (C=O) groups is 1. The maximum Gasteiger partial charge on any atom is 0.180 e. The minimum atomic E-state index is -0.00505. The number of methoxy groups -OCH3 is 1. The Morgan fingerprint density at radius 2 is 1.48 bits per heavy atom. The van der Waals surface area contributed by atoms with E-state index in [9.17, 15) is 4.79 Å². The summed E-state index contributed by atoms with van der Waals surface area (Å²) >= 11 is 0. The van der Waals surface area contributed by atoms with Crippen LogP contribution in [0.5, 0.6) is 5.75 Å². The van der Waals surface area contributed by atoms with Crippen LogP contribution < -0.4 is 10.1 Å². The van der Waals surface area contributed by atoms with Crippen LogP contribution in [0.3, 0.4) is 0 Å². The predicted octanol–water partition coefficient (Wildman–Crippen LogP) is 5.10. The Kier molecular flexibility index (Phi) is 12.1. The lowest BCUT2D eigenvalue weighted by molar-refractivity contribution is -0.00978. The van der Waals surface area contributed by atoms with Gasteiger partial charge < -0.3 is 33.7 Å². The summed E-state index contributed by atoms with van der Waals surface area (Å²) in [7, 11) is 1.65. The van der Waals surface area contributed by atoms with E-state index in [2.05, 4.69) is 30.1 Å². The Balaban J connectivity index is 1.02. The Labute approximate surface area is 262 Å². The fraction of sp³-hybridized carbons (Fsp3) is 0.629. The molecule has 2 fully saturated rings. The summed E-state index contributed by atoms with van der Waals surface area (Å²) in [4.78, 5) is 16.2. The molecule has 0 spiro atoms. The predicted molar refractivity (Wildman–Crippen MR) is 170 cm³/mol. The quantitative estimate of drug-likeness (QED) is 0.206. The van der Waals surface area contributed by atoms with E-state index in [1.807, 2.05) is 36.4 Å². The number of Topliss-reactive ketones (excluding diaryl/α,β-unsaturated/α-hetero) is 1. The van der Waals surface area contributed by atoms with Crippen molar-refractivity contribution in [2.45, 2.75) is 44.6 Å². The Morgan fingerprint density at radius 1 is 0.841 bits per heavy atom. The van der Waals surface area contributed by atoms with Gasteiger partial charge in [-0.2, -0.15) is 0 Å². The van der Waals surface area contributed by atoms with Crippen molar-refractivity contribution in [1.82, 2.24) is 4.90 Å². The van der Waals surface area contributed by atoms with Gasteiger partial charge in [0.15, 0.2) is 5.78 Å². The van der Waals surface area contributed by atoms with Crippen molar-refractivity contribution < 1.29 is 33.2 Å². The van der Waals surface area contributed by atoms with E-state index >= 15 is 0 Å². The van der Waals surface area contributed by atoms with Gasteiger partial charge in [-0.05, 0) is 79.0 Å². The molecule has 3 aliphatic rings. The maximum atomic E-state index is 13.7. The van der Waals surface area contributed by atoms with Crippen LogP contribution in [-0.4, -0.2) is 103 Å². The molecule has 2 aromatic carbocycles. The lowest BCUT2D eigenvalue weighted by atomic mass is 9.58. The van der Waals surface area contributed by atoms with Crippen LogP contribution in [0.25, 0.3) is 0 Å². The number of ether oxygens (including phenoxy) is 6. The molecule has 2 aromatic rings. The molecule has 9 nitrogen and oxygen atoms in total. The number of nitrogens with zero attached hydrogens (tertiary/aromatic N) is 1. The van der Waals surface area contributed by atoms with Crippen molar-refractivity contribution in [3.63, 3.8) is 0 Å². The molecule has 44 heavy (non-hydrogen) atoms. The van der Waals surface area contributed by atoms with Crippen molar-refractivity contribution in [2.75, 3.05) is 91.6 Å². The van der Waals surface area contributed by atoms with Crippen molar-refractivity contribution in [3.05, 3.63) is 53.6 Å². The molecule has 2 bridgehead atoms. The van der Waals surface area contributed by atoms with Crippen LogP contribution in [0.1, 0.15) is 49.0 Å². The normalized spacial score (nSPS) is 23.0. The van der Waals surface area contributed by atoms with Crippen LogP contribution in [0.2, 0.25) is 0 Å². The maximum absolute atomic E-state index is 13.7. The molecule has 1 saturated carbocycles. The molecule has 0 aromatic heterocycles. The standard InChI is InChI=1S/C35H50N2O7/c1-26-33-34(38)31-10-9-29(24-32(31)35(26,2)11-12-37(33)25-27-7-8-27)36-28-5-4-6-30(23-28)44-22-21-43-20-19-42-18-17-41-16-15-40-14-13-39-3/h4-6,9-10,23-24,26-27,33,36H,7-8,11-22,25H2,1-3H3/t26-,33-,35+/m0/s1. The number of rotatable bonds is 20. The number of ketones is 1. The summed E-state index contributed by atoms with van der Waals surface area (Å²) in [6.07, 6.45) is 3.71.